The topological polar surface area (TPSA) is 52.3 Å². The van der Waals surface area contributed by atoms with E-state index in [-0.39, 0.29) is 29.3 Å². The molecule has 0 bridgehead atoms. The van der Waals surface area contributed by atoms with Crippen molar-refractivity contribution in [1.29, 1.82) is 0 Å². The Labute approximate surface area is 111 Å². The van der Waals surface area contributed by atoms with Gasteiger partial charge >= 0.3 is 5.97 Å². The molecule has 0 aromatic carbocycles. The highest BCUT2D eigenvalue weighted by atomic mass is 16.5. The van der Waals surface area contributed by atoms with Crippen LogP contribution in [0.15, 0.2) is 0 Å². The van der Waals surface area contributed by atoms with Gasteiger partial charge in [-0.2, -0.15) is 0 Å². The van der Waals surface area contributed by atoms with Crippen LogP contribution in [-0.4, -0.2) is 18.6 Å². The van der Waals surface area contributed by atoms with Gasteiger partial charge in [-0.1, -0.05) is 25.7 Å². The van der Waals surface area contributed by atoms with E-state index in [4.69, 9.17) is 10.5 Å². The van der Waals surface area contributed by atoms with E-state index >= 15 is 0 Å². The van der Waals surface area contributed by atoms with Gasteiger partial charge in [0.05, 0.1) is 5.41 Å². The highest BCUT2D eigenvalue weighted by molar-refractivity contribution is 5.75. The van der Waals surface area contributed by atoms with Crippen molar-refractivity contribution in [3.8, 4) is 11.8 Å². The third-order valence-electron chi connectivity index (χ3n) is 2.34. The van der Waals surface area contributed by atoms with E-state index < -0.39 is 6.04 Å². The van der Waals surface area contributed by atoms with Crippen molar-refractivity contribution in [2.45, 2.75) is 54.5 Å². The molecule has 0 aromatic heterocycles. The van der Waals surface area contributed by atoms with Crippen LogP contribution >= 0.6 is 0 Å². The first kappa shape index (κ1) is 17.0. The fraction of sp³-hybridized carbons (Fsp3) is 0.800. The minimum absolute atomic E-state index is 0.0460. The molecule has 0 heterocycles. The second kappa shape index (κ2) is 6.24. The number of carbonyl (C=O) groups is 1. The molecule has 1 atom stereocenters. The molecular formula is C15H27NO2. The van der Waals surface area contributed by atoms with E-state index in [0.29, 0.717) is 0 Å². The lowest BCUT2D eigenvalue weighted by Crippen LogP contribution is -2.38. The predicted octanol–water partition coefficient (Wildman–Crippen LogP) is 2.59. The number of hydrogen-bond donors (Lipinski definition) is 1. The van der Waals surface area contributed by atoms with Crippen molar-refractivity contribution in [3.05, 3.63) is 0 Å². The van der Waals surface area contributed by atoms with Gasteiger partial charge in [-0.3, -0.25) is 4.79 Å². The summed E-state index contributed by atoms with van der Waals surface area (Å²) in [5.41, 5.74) is 5.33. The molecule has 0 rings (SSSR count). The Kier molecular flexibility index (Phi) is 5.89. The molecule has 0 fully saturated rings. The van der Waals surface area contributed by atoms with Gasteiger partial charge in [0.1, 0.15) is 12.6 Å². The Morgan fingerprint density at radius 2 is 1.67 bits per heavy atom. The number of rotatable bonds is 4. The summed E-state index contributed by atoms with van der Waals surface area (Å²) in [5.74, 6) is 6.05. The number of carbonyl (C=O) groups excluding carboxylic acids is 1. The molecule has 3 heteroatoms. The normalized spacial score (nSPS) is 13.8. The van der Waals surface area contributed by atoms with Crippen molar-refractivity contribution in [1.82, 2.24) is 0 Å². The summed E-state index contributed by atoms with van der Waals surface area (Å²) in [4.78, 5) is 11.6. The fourth-order valence-electron chi connectivity index (χ4n) is 1.01. The summed E-state index contributed by atoms with van der Waals surface area (Å²) in [5, 5.41) is 0. The molecule has 0 aliphatic rings. The molecule has 3 nitrogen and oxygen atoms in total. The molecule has 2 N–H and O–H groups in total. The third kappa shape index (κ3) is 7.34. The van der Waals surface area contributed by atoms with Crippen LogP contribution in [0.4, 0.5) is 0 Å². The van der Waals surface area contributed by atoms with Gasteiger partial charge in [-0.25, -0.2) is 0 Å². The highest BCUT2D eigenvalue weighted by Crippen LogP contribution is 2.18. The largest absolute Gasteiger partial charge is 0.463 e. The maximum atomic E-state index is 11.6. The van der Waals surface area contributed by atoms with E-state index in [1.54, 1.807) is 0 Å². The molecule has 104 valence electrons. The Balaban J connectivity index is 4.43. The molecule has 18 heavy (non-hydrogen) atoms. The molecule has 0 aromatic rings. The minimum atomic E-state index is -0.559. The lowest BCUT2D eigenvalue weighted by atomic mass is 9.91. The van der Waals surface area contributed by atoms with Crippen molar-refractivity contribution < 1.29 is 9.53 Å². The molecule has 0 amide bonds. The zero-order chi connectivity index (χ0) is 14.6. The average Bonchev–Trinajstić information content (AvgIpc) is 2.21. The van der Waals surface area contributed by atoms with Crippen molar-refractivity contribution in [3.63, 3.8) is 0 Å². The SMILES string of the molecule is CC(C)[C@H](N)C(=O)OCC(C)(C)C#CC(C)(C)C. The predicted molar refractivity (Wildman–Crippen MR) is 74.8 cm³/mol. The molecule has 0 radical (unpaired) electrons. The zero-order valence-electron chi connectivity index (χ0n) is 12.8. The van der Waals surface area contributed by atoms with Gasteiger partial charge < -0.3 is 10.5 Å². The van der Waals surface area contributed by atoms with Crippen LogP contribution in [0.2, 0.25) is 0 Å². The maximum absolute atomic E-state index is 11.6. The van der Waals surface area contributed by atoms with Crippen LogP contribution in [0.5, 0.6) is 0 Å². The second-order valence-electron chi connectivity index (χ2n) is 6.76. The van der Waals surface area contributed by atoms with Crippen molar-refractivity contribution in [2.24, 2.45) is 22.5 Å². The molecular weight excluding hydrogens is 226 g/mol. The first-order valence-electron chi connectivity index (χ1n) is 6.41. The van der Waals surface area contributed by atoms with Crippen LogP contribution in [0.25, 0.3) is 0 Å². The first-order valence-corrected chi connectivity index (χ1v) is 6.41. The molecule has 0 aliphatic carbocycles. The standard InChI is InChI=1S/C15H27NO2/c1-11(2)12(16)13(17)18-10-15(6,7)9-8-14(3,4)5/h11-12H,10,16H2,1-7H3/t12-/m0/s1. The summed E-state index contributed by atoms with van der Waals surface area (Å²) in [6.45, 7) is 14.1. The van der Waals surface area contributed by atoms with E-state index in [1.165, 1.54) is 0 Å². The lowest BCUT2D eigenvalue weighted by Gasteiger charge is -2.21. The number of ether oxygens (including phenoxy) is 1. The summed E-state index contributed by atoms with van der Waals surface area (Å²) >= 11 is 0. The Morgan fingerprint density at radius 1 is 1.17 bits per heavy atom. The number of hydrogen-bond acceptors (Lipinski definition) is 3. The monoisotopic (exact) mass is 253 g/mol. The molecule has 0 saturated heterocycles. The van der Waals surface area contributed by atoms with Crippen LogP contribution in [0.3, 0.4) is 0 Å². The van der Waals surface area contributed by atoms with Crippen LogP contribution in [0.1, 0.15) is 48.5 Å². The average molecular weight is 253 g/mol. The van der Waals surface area contributed by atoms with Gasteiger partial charge in [0.2, 0.25) is 0 Å². The number of esters is 1. The van der Waals surface area contributed by atoms with Gasteiger partial charge in [-0.05, 0) is 40.5 Å². The summed E-state index contributed by atoms with van der Waals surface area (Å²) in [6.07, 6.45) is 0. The van der Waals surface area contributed by atoms with E-state index in [2.05, 4.69) is 32.6 Å². The number of nitrogens with two attached hydrogens (primary N) is 1. The fourth-order valence-corrected chi connectivity index (χ4v) is 1.01. The smallest absolute Gasteiger partial charge is 0.323 e. The zero-order valence-corrected chi connectivity index (χ0v) is 12.8. The third-order valence-corrected chi connectivity index (χ3v) is 2.34. The molecule has 0 spiro atoms. The van der Waals surface area contributed by atoms with Gasteiger partial charge in [0.25, 0.3) is 0 Å². The van der Waals surface area contributed by atoms with E-state index in [9.17, 15) is 4.79 Å². The molecule has 0 saturated carbocycles. The van der Waals surface area contributed by atoms with Gasteiger partial charge in [0.15, 0.2) is 0 Å². The first-order chi connectivity index (χ1) is 7.94. The summed E-state index contributed by atoms with van der Waals surface area (Å²) in [6, 6.07) is -0.559. The summed E-state index contributed by atoms with van der Waals surface area (Å²) < 4.78 is 5.23. The highest BCUT2D eigenvalue weighted by Gasteiger charge is 2.23. The van der Waals surface area contributed by atoms with E-state index in [0.717, 1.165) is 0 Å². The lowest BCUT2D eigenvalue weighted by molar-refractivity contribution is -0.148. The van der Waals surface area contributed by atoms with Gasteiger partial charge in [0, 0.05) is 5.41 Å². The second-order valence-corrected chi connectivity index (χ2v) is 6.76. The van der Waals surface area contributed by atoms with Crippen molar-refractivity contribution in [2.75, 3.05) is 6.61 Å². The van der Waals surface area contributed by atoms with E-state index in [1.807, 2.05) is 27.7 Å². The van der Waals surface area contributed by atoms with Crippen LogP contribution < -0.4 is 5.73 Å². The maximum Gasteiger partial charge on any atom is 0.323 e. The Hall–Kier alpha value is -1.01. The minimum Gasteiger partial charge on any atom is -0.463 e. The van der Waals surface area contributed by atoms with Crippen LogP contribution in [-0.2, 0) is 9.53 Å². The van der Waals surface area contributed by atoms with Crippen LogP contribution in [0, 0.1) is 28.6 Å². The molecule has 0 unspecified atom stereocenters. The molecule has 0 aliphatic heterocycles. The Bertz CT molecular complexity index is 340. The quantitative estimate of drug-likeness (QED) is 0.619. The summed E-state index contributed by atoms with van der Waals surface area (Å²) in [7, 11) is 0. The Morgan fingerprint density at radius 3 is 2.06 bits per heavy atom. The van der Waals surface area contributed by atoms with Gasteiger partial charge in [-0.15, -0.1) is 0 Å². The van der Waals surface area contributed by atoms with Crippen molar-refractivity contribution >= 4 is 5.97 Å².